The first-order valence-electron chi connectivity index (χ1n) is 8.78. The van der Waals surface area contributed by atoms with Gasteiger partial charge in [-0.15, -0.1) is 0 Å². The van der Waals surface area contributed by atoms with Crippen LogP contribution in [-0.4, -0.2) is 54.9 Å². The molecule has 1 saturated heterocycles. The lowest BCUT2D eigenvalue weighted by atomic mass is 10.1. The van der Waals surface area contributed by atoms with Crippen LogP contribution in [0.5, 0.6) is 5.75 Å². The SMILES string of the molecule is COc1ccccc1N1CCN(C(=O)CCC(=O)c2cccnc2)CC1. The van der Waals surface area contributed by atoms with Gasteiger partial charge in [-0.1, -0.05) is 12.1 Å². The van der Waals surface area contributed by atoms with Crippen LogP contribution in [0.15, 0.2) is 48.8 Å². The number of Topliss-reactive ketones (excluding diaryl/α,β-unsaturated/α-hetero) is 1. The smallest absolute Gasteiger partial charge is 0.223 e. The van der Waals surface area contributed by atoms with E-state index in [1.54, 1.807) is 31.6 Å². The van der Waals surface area contributed by atoms with E-state index in [0.717, 1.165) is 24.5 Å². The van der Waals surface area contributed by atoms with Gasteiger partial charge in [0.05, 0.1) is 12.8 Å². The number of anilines is 1. The monoisotopic (exact) mass is 353 g/mol. The molecule has 1 amide bonds. The van der Waals surface area contributed by atoms with Crippen molar-refractivity contribution in [2.75, 3.05) is 38.2 Å². The summed E-state index contributed by atoms with van der Waals surface area (Å²) in [6.07, 6.45) is 3.63. The Morgan fingerprint density at radius 1 is 1.04 bits per heavy atom. The van der Waals surface area contributed by atoms with Crippen molar-refractivity contribution in [3.05, 3.63) is 54.4 Å². The predicted octanol–water partition coefficient (Wildman–Crippen LogP) is 2.40. The first kappa shape index (κ1) is 17.9. The number of benzene rings is 1. The molecule has 0 atom stereocenters. The van der Waals surface area contributed by atoms with Gasteiger partial charge in [0.2, 0.25) is 5.91 Å². The Labute approximate surface area is 153 Å². The van der Waals surface area contributed by atoms with Crippen LogP contribution in [0.4, 0.5) is 5.69 Å². The average Bonchev–Trinajstić information content (AvgIpc) is 2.72. The second kappa shape index (κ2) is 8.47. The summed E-state index contributed by atoms with van der Waals surface area (Å²) < 4.78 is 5.42. The van der Waals surface area contributed by atoms with Gasteiger partial charge in [0, 0.05) is 57.0 Å². The van der Waals surface area contributed by atoms with Gasteiger partial charge in [-0.2, -0.15) is 0 Å². The van der Waals surface area contributed by atoms with E-state index in [0.29, 0.717) is 18.7 Å². The maximum absolute atomic E-state index is 12.4. The quantitative estimate of drug-likeness (QED) is 0.746. The number of hydrogen-bond acceptors (Lipinski definition) is 5. The minimum absolute atomic E-state index is 0.0296. The third kappa shape index (κ3) is 4.20. The molecular weight excluding hydrogens is 330 g/mol. The van der Waals surface area contributed by atoms with E-state index in [4.69, 9.17) is 4.74 Å². The molecule has 2 aromatic rings. The number of carbonyl (C=O) groups excluding carboxylic acids is 2. The molecule has 6 nitrogen and oxygen atoms in total. The highest BCUT2D eigenvalue weighted by Crippen LogP contribution is 2.28. The zero-order valence-corrected chi connectivity index (χ0v) is 14.9. The highest BCUT2D eigenvalue weighted by Gasteiger charge is 2.23. The van der Waals surface area contributed by atoms with E-state index in [9.17, 15) is 9.59 Å². The molecule has 0 unspecified atom stereocenters. The number of hydrogen-bond donors (Lipinski definition) is 0. The minimum atomic E-state index is -0.0425. The van der Waals surface area contributed by atoms with Crippen LogP contribution in [0.2, 0.25) is 0 Å². The molecule has 6 heteroatoms. The van der Waals surface area contributed by atoms with Gasteiger partial charge in [-0.3, -0.25) is 14.6 Å². The molecular formula is C20H23N3O3. The summed E-state index contributed by atoms with van der Waals surface area (Å²) in [5, 5.41) is 0. The van der Waals surface area contributed by atoms with Gasteiger partial charge in [0.1, 0.15) is 5.75 Å². The lowest BCUT2D eigenvalue weighted by Gasteiger charge is -2.36. The van der Waals surface area contributed by atoms with Crippen molar-refractivity contribution < 1.29 is 14.3 Å². The Morgan fingerprint density at radius 2 is 1.81 bits per heavy atom. The minimum Gasteiger partial charge on any atom is -0.495 e. The first-order chi connectivity index (χ1) is 12.7. The van der Waals surface area contributed by atoms with E-state index < -0.39 is 0 Å². The van der Waals surface area contributed by atoms with Crippen molar-refractivity contribution in [3.8, 4) is 5.75 Å². The Bertz CT molecular complexity index is 756. The topological polar surface area (TPSA) is 62.7 Å². The number of methoxy groups -OCH3 is 1. The van der Waals surface area contributed by atoms with E-state index >= 15 is 0 Å². The number of amides is 1. The molecule has 1 fully saturated rings. The second-order valence-corrected chi connectivity index (χ2v) is 6.20. The van der Waals surface area contributed by atoms with Crippen LogP contribution in [-0.2, 0) is 4.79 Å². The highest BCUT2D eigenvalue weighted by atomic mass is 16.5. The normalized spacial score (nSPS) is 14.2. The molecule has 1 aliphatic heterocycles. The van der Waals surface area contributed by atoms with Crippen molar-refractivity contribution in [2.45, 2.75) is 12.8 Å². The van der Waals surface area contributed by atoms with Gasteiger partial charge >= 0.3 is 0 Å². The fourth-order valence-corrected chi connectivity index (χ4v) is 3.14. The van der Waals surface area contributed by atoms with Crippen LogP contribution in [0.25, 0.3) is 0 Å². The largest absolute Gasteiger partial charge is 0.495 e. The molecule has 0 radical (unpaired) electrons. The van der Waals surface area contributed by atoms with E-state index in [2.05, 4.69) is 9.88 Å². The lowest BCUT2D eigenvalue weighted by Crippen LogP contribution is -2.48. The van der Waals surface area contributed by atoms with Gasteiger partial charge < -0.3 is 14.5 Å². The van der Waals surface area contributed by atoms with Crippen LogP contribution in [0.3, 0.4) is 0 Å². The number of carbonyl (C=O) groups is 2. The number of ketones is 1. The Kier molecular flexibility index (Phi) is 5.84. The van der Waals surface area contributed by atoms with Crippen LogP contribution in [0, 0.1) is 0 Å². The summed E-state index contributed by atoms with van der Waals surface area (Å²) in [5.74, 6) is 0.829. The number of piperazine rings is 1. The van der Waals surface area contributed by atoms with E-state index in [1.807, 2.05) is 29.2 Å². The number of rotatable bonds is 6. The summed E-state index contributed by atoms with van der Waals surface area (Å²) >= 11 is 0. The van der Waals surface area contributed by atoms with E-state index in [1.165, 1.54) is 0 Å². The fourth-order valence-electron chi connectivity index (χ4n) is 3.14. The van der Waals surface area contributed by atoms with Crippen LogP contribution in [0.1, 0.15) is 23.2 Å². The van der Waals surface area contributed by atoms with Crippen molar-refractivity contribution in [1.82, 2.24) is 9.88 Å². The zero-order valence-electron chi connectivity index (χ0n) is 14.9. The molecule has 26 heavy (non-hydrogen) atoms. The highest BCUT2D eigenvalue weighted by molar-refractivity contribution is 5.97. The summed E-state index contributed by atoms with van der Waals surface area (Å²) in [7, 11) is 1.66. The van der Waals surface area contributed by atoms with E-state index in [-0.39, 0.29) is 24.5 Å². The number of ether oxygens (including phenoxy) is 1. The van der Waals surface area contributed by atoms with Gasteiger partial charge in [0.15, 0.2) is 5.78 Å². The van der Waals surface area contributed by atoms with Crippen molar-refractivity contribution in [2.24, 2.45) is 0 Å². The third-order valence-electron chi connectivity index (χ3n) is 4.61. The van der Waals surface area contributed by atoms with Crippen LogP contribution < -0.4 is 9.64 Å². The Morgan fingerprint density at radius 3 is 2.50 bits per heavy atom. The summed E-state index contributed by atoms with van der Waals surface area (Å²) in [4.78, 5) is 32.5. The zero-order chi connectivity index (χ0) is 18.4. The summed E-state index contributed by atoms with van der Waals surface area (Å²) in [6, 6.07) is 11.4. The third-order valence-corrected chi connectivity index (χ3v) is 4.61. The predicted molar refractivity (Wildman–Crippen MR) is 99.6 cm³/mol. The Balaban J connectivity index is 1.50. The van der Waals surface area contributed by atoms with Gasteiger partial charge in [-0.05, 0) is 24.3 Å². The lowest BCUT2D eigenvalue weighted by molar-refractivity contribution is -0.131. The molecule has 0 bridgehead atoms. The second-order valence-electron chi connectivity index (χ2n) is 6.20. The number of pyridine rings is 1. The molecule has 3 rings (SSSR count). The summed E-state index contributed by atoms with van der Waals surface area (Å²) in [6.45, 7) is 2.81. The fraction of sp³-hybridized carbons (Fsp3) is 0.350. The molecule has 0 aliphatic carbocycles. The molecule has 0 saturated carbocycles. The summed E-state index contributed by atoms with van der Waals surface area (Å²) in [5.41, 5.74) is 1.61. The maximum Gasteiger partial charge on any atom is 0.223 e. The van der Waals surface area contributed by atoms with Gasteiger partial charge in [0.25, 0.3) is 0 Å². The Hall–Kier alpha value is -2.89. The van der Waals surface area contributed by atoms with Crippen LogP contribution >= 0.6 is 0 Å². The molecule has 136 valence electrons. The number of aromatic nitrogens is 1. The molecule has 1 aliphatic rings. The molecule has 0 N–H and O–H groups in total. The van der Waals surface area contributed by atoms with Crippen molar-refractivity contribution in [1.29, 1.82) is 0 Å². The first-order valence-corrected chi connectivity index (χ1v) is 8.78. The number of nitrogens with zero attached hydrogens (tertiary/aromatic N) is 3. The van der Waals surface area contributed by atoms with Gasteiger partial charge in [-0.25, -0.2) is 0 Å². The standard InChI is InChI=1S/C20H23N3O3/c1-26-19-7-3-2-6-17(19)22-11-13-23(14-12-22)20(25)9-8-18(24)16-5-4-10-21-15-16/h2-7,10,15H,8-9,11-14H2,1H3. The number of para-hydroxylation sites is 2. The maximum atomic E-state index is 12.4. The molecule has 0 spiro atoms. The van der Waals surface area contributed by atoms with Crippen molar-refractivity contribution in [3.63, 3.8) is 0 Å². The van der Waals surface area contributed by atoms with Crippen molar-refractivity contribution >= 4 is 17.4 Å². The average molecular weight is 353 g/mol. The molecule has 1 aromatic heterocycles. The molecule has 2 heterocycles. The molecule has 1 aromatic carbocycles.